The van der Waals surface area contributed by atoms with Crippen molar-refractivity contribution in [3.63, 3.8) is 0 Å². The molecule has 0 radical (unpaired) electrons. The minimum atomic E-state index is -4.83. The van der Waals surface area contributed by atoms with Crippen LogP contribution in [0.25, 0.3) is 0 Å². The van der Waals surface area contributed by atoms with Crippen LogP contribution in [0.1, 0.15) is 5.69 Å². The lowest BCUT2D eigenvalue weighted by atomic mass is 10.3. The van der Waals surface area contributed by atoms with Crippen molar-refractivity contribution in [3.8, 4) is 11.8 Å². The van der Waals surface area contributed by atoms with E-state index in [0.717, 1.165) is 6.07 Å². The van der Waals surface area contributed by atoms with Crippen LogP contribution in [0.5, 0.6) is 5.75 Å². The molecule has 80 valence electrons. The summed E-state index contributed by atoms with van der Waals surface area (Å²) in [6.45, 7) is 0. The van der Waals surface area contributed by atoms with Gasteiger partial charge < -0.3 is 10.5 Å². The molecule has 0 aliphatic carbocycles. The molecule has 0 unspecified atom stereocenters. The van der Waals surface area contributed by atoms with Crippen LogP contribution < -0.4 is 10.5 Å². The Balaban J connectivity index is 3.16. The standard InChI is InChI=1S/C7H3F3IN3O/c8-7(9,10)15-5-4(11)1-3(2-12)14-6(5)13/h1H,(H2,13,14). The van der Waals surface area contributed by atoms with Gasteiger partial charge in [0.15, 0.2) is 11.6 Å². The van der Waals surface area contributed by atoms with Gasteiger partial charge in [-0.1, -0.05) is 0 Å². The third kappa shape index (κ3) is 3.12. The number of aromatic nitrogens is 1. The molecule has 0 amide bonds. The van der Waals surface area contributed by atoms with Crippen LogP contribution >= 0.6 is 22.6 Å². The summed E-state index contributed by atoms with van der Waals surface area (Å²) < 4.78 is 39.5. The summed E-state index contributed by atoms with van der Waals surface area (Å²) in [7, 11) is 0. The first-order valence-corrected chi connectivity index (χ1v) is 4.53. The van der Waals surface area contributed by atoms with Crippen molar-refractivity contribution in [3.05, 3.63) is 15.3 Å². The number of halogens is 4. The lowest BCUT2D eigenvalue weighted by Gasteiger charge is -2.11. The highest BCUT2D eigenvalue weighted by molar-refractivity contribution is 14.1. The third-order valence-corrected chi connectivity index (χ3v) is 2.09. The molecular formula is C7H3F3IN3O. The van der Waals surface area contributed by atoms with E-state index in [4.69, 9.17) is 11.0 Å². The molecule has 4 nitrogen and oxygen atoms in total. The summed E-state index contributed by atoms with van der Waals surface area (Å²) in [5.74, 6) is -1.04. The molecule has 1 heterocycles. The van der Waals surface area contributed by atoms with Crippen LogP contribution in [0.3, 0.4) is 0 Å². The van der Waals surface area contributed by atoms with Gasteiger partial charge >= 0.3 is 6.36 Å². The second-order valence-electron chi connectivity index (χ2n) is 2.36. The number of ether oxygens (including phenoxy) is 1. The van der Waals surface area contributed by atoms with Gasteiger partial charge in [0, 0.05) is 0 Å². The molecule has 1 aromatic rings. The number of alkyl halides is 3. The van der Waals surface area contributed by atoms with E-state index in [1.807, 2.05) is 0 Å². The van der Waals surface area contributed by atoms with E-state index in [2.05, 4.69) is 9.72 Å². The van der Waals surface area contributed by atoms with E-state index in [1.165, 1.54) is 0 Å². The number of nitrogens with zero attached hydrogens (tertiary/aromatic N) is 2. The Morgan fingerprint density at radius 1 is 1.53 bits per heavy atom. The summed E-state index contributed by atoms with van der Waals surface area (Å²) in [5, 5.41) is 8.48. The average Bonchev–Trinajstić information content (AvgIpc) is 2.09. The van der Waals surface area contributed by atoms with E-state index in [1.54, 1.807) is 28.7 Å². The minimum absolute atomic E-state index is 0.0635. The highest BCUT2D eigenvalue weighted by Gasteiger charge is 2.33. The molecule has 1 rings (SSSR count). The predicted octanol–water partition coefficient (Wildman–Crippen LogP) is 2.04. The number of rotatable bonds is 1. The molecule has 15 heavy (non-hydrogen) atoms. The Bertz CT molecular complexity index is 403. The van der Waals surface area contributed by atoms with Gasteiger partial charge in [-0.15, -0.1) is 13.2 Å². The molecule has 2 N–H and O–H groups in total. The van der Waals surface area contributed by atoms with Gasteiger partial charge in [-0.2, -0.15) is 5.26 Å². The molecule has 0 aliphatic heterocycles. The van der Waals surface area contributed by atoms with Gasteiger partial charge in [0.2, 0.25) is 0 Å². The number of hydrogen-bond donors (Lipinski definition) is 1. The molecule has 0 spiro atoms. The Kier molecular flexibility index (Phi) is 3.23. The van der Waals surface area contributed by atoms with E-state index < -0.39 is 17.9 Å². The first-order valence-electron chi connectivity index (χ1n) is 3.45. The maximum atomic E-state index is 11.9. The number of nitrogen functional groups attached to an aromatic ring is 1. The molecule has 0 atom stereocenters. The highest BCUT2D eigenvalue weighted by Crippen LogP contribution is 2.32. The Morgan fingerprint density at radius 2 is 2.13 bits per heavy atom. The summed E-state index contributed by atoms with van der Waals surface area (Å²) in [4.78, 5) is 3.42. The molecule has 0 fully saturated rings. The van der Waals surface area contributed by atoms with Crippen LogP contribution in [0.15, 0.2) is 6.07 Å². The molecule has 0 aromatic carbocycles. The molecule has 0 bridgehead atoms. The molecule has 1 aromatic heterocycles. The maximum Gasteiger partial charge on any atom is 0.573 e. The van der Waals surface area contributed by atoms with Crippen LogP contribution in [-0.2, 0) is 0 Å². The largest absolute Gasteiger partial charge is 0.573 e. The zero-order chi connectivity index (χ0) is 11.6. The van der Waals surface area contributed by atoms with Crippen molar-refractivity contribution >= 4 is 28.4 Å². The quantitative estimate of drug-likeness (QED) is 0.801. The minimum Gasteiger partial charge on any atom is -0.401 e. The summed E-state index contributed by atoms with van der Waals surface area (Å²) in [6.07, 6.45) is -4.83. The monoisotopic (exact) mass is 329 g/mol. The molecule has 8 heteroatoms. The average molecular weight is 329 g/mol. The predicted molar refractivity (Wildman–Crippen MR) is 52.8 cm³/mol. The van der Waals surface area contributed by atoms with Crippen LogP contribution in [0, 0.1) is 14.9 Å². The van der Waals surface area contributed by atoms with Gasteiger partial charge in [0.1, 0.15) is 11.8 Å². The van der Waals surface area contributed by atoms with Gasteiger partial charge in [-0.05, 0) is 28.7 Å². The van der Waals surface area contributed by atoms with Crippen LogP contribution in [0.2, 0.25) is 0 Å². The number of nitrogens with two attached hydrogens (primary N) is 1. The second kappa shape index (κ2) is 4.09. The topological polar surface area (TPSA) is 71.9 Å². The summed E-state index contributed by atoms with van der Waals surface area (Å²) in [5.41, 5.74) is 5.15. The van der Waals surface area contributed by atoms with Crippen molar-refractivity contribution < 1.29 is 17.9 Å². The lowest BCUT2D eigenvalue weighted by Crippen LogP contribution is -2.19. The number of hydrogen-bond acceptors (Lipinski definition) is 4. The van der Waals surface area contributed by atoms with Gasteiger partial charge in [0.05, 0.1) is 3.57 Å². The zero-order valence-corrected chi connectivity index (χ0v) is 9.13. The van der Waals surface area contributed by atoms with Crippen molar-refractivity contribution in [1.82, 2.24) is 4.98 Å². The smallest absolute Gasteiger partial charge is 0.401 e. The fraction of sp³-hybridized carbons (Fsp3) is 0.143. The maximum absolute atomic E-state index is 11.9. The lowest BCUT2D eigenvalue weighted by molar-refractivity contribution is -0.274. The Morgan fingerprint density at radius 3 is 2.53 bits per heavy atom. The van der Waals surface area contributed by atoms with Crippen LogP contribution in [0.4, 0.5) is 19.0 Å². The molecule has 0 aliphatic rings. The zero-order valence-electron chi connectivity index (χ0n) is 6.97. The molecule has 0 saturated carbocycles. The normalized spacial score (nSPS) is 10.9. The first kappa shape index (κ1) is 11.8. The molecule has 0 saturated heterocycles. The summed E-state index contributed by atoms with van der Waals surface area (Å²) >= 11 is 1.58. The Labute approximate surface area is 96.0 Å². The van der Waals surface area contributed by atoms with E-state index >= 15 is 0 Å². The summed E-state index contributed by atoms with van der Waals surface area (Å²) in [6, 6.07) is 2.82. The fourth-order valence-corrected chi connectivity index (χ4v) is 1.48. The first-order chi connectivity index (χ1) is 6.83. The van der Waals surface area contributed by atoms with Crippen molar-refractivity contribution in [2.75, 3.05) is 5.73 Å². The number of nitriles is 1. The van der Waals surface area contributed by atoms with Crippen LogP contribution in [-0.4, -0.2) is 11.3 Å². The van der Waals surface area contributed by atoms with Gasteiger partial charge in [-0.3, -0.25) is 0 Å². The van der Waals surface area contributed by atoms with Crippen molar-refractivity contribution in [2.24, 2.45) is 0 Å². The van der Waals surface area contributed by atoms with Crippen molar-refractivity contribution in [1.29, 1.82) is 5.26 Å². The number of anilines is 1. The Hall–Kier alpha value is -1.24. The van der Waals surface area contributed by atoms with E-state index in [-0.39, 0.29) is 9.26 Å². The SMILES string of the molecule is N#Cc1cc(I)c(OC(F)(F)F)c(N)n1. The second-order valence-corrected chi connectivity index (χ2v) is 3.53. The number of pyridine rings is 1. The van der Waals surface area contributed by atoms with Crippen molar-refractivity contribution in [2.45, 2.75) is 6.36 Å². The third-order valence-electron chi connectivity index (χ3n) is 1.29. The van der Waals surface area contributed by atoms with E-state index in [0.29, 0.717) is 0 Å². The molecular weight excluding hydrogens is 326 g/mol. The van der Waals surface area contributed by atoms with E-state index in [9.17, 15) is 13.2 Å². The fourth-order valence-electron chi connectivity index (χ4n) is 0.795. The van der Waals surface area contributed by atoms with Gasteiger partial charge in [-0.25, -0.2) is 4.98 Å². The highest BCUT2D eigenvalue weighted by atomic mass is 127. The van der Waals surface area contributed by atoms with Gasteiger partial charge in [0.25, 0.3) is 0 Å².